The van der Waals surface area contributed by atoms with Crippen LogP contribution in [-0.2, 0) is 16.0 Å². The van der Waals surface area contributed by atoms with Gasteiger partial charge in [-0.2, -0.15) is 0 Å². The van der Waals surface area contributed by atoms with E-state index in [0.29, 0.717) is 16.7 Å². The van der Waals surface area contributed by atoms with Crippen LogP contribution in [0.15, 0.2) is 29.9 Å². The van der Waals surface area contributed by atoms with E-state index in [-0.39, 0.29) is 18.4 Å². The van der Waals surface area contributed by atoms with Crippen LogP contribution in [0.1, 0.15) is 32.0 Å². The van der Waals surface area contributed by atoms with Crippen molar-refractivity contribution in [1.29, 1.82) is 0 Å². The summed E-state index contributed by atoms with van der Waals surface area (Å²) in [4.78, 5) is 27.6. The summed E-state index contributed by atoms with van der Waals surface area (Å²) in [5.74, 6) is -0.155. The summed E-state index contributed by atoms with van der Waals surface area (Å²) in [6.07, 6.45) is 4.58. The number of nitrogens with two attached hydrogens (primary N) is 1. The third kappa shape index (κ3) is 4.42. The predicted octanol–water partition coefficient (Wildman–Crippen LogP) is 2.20. The van der Waals surface area contributed by atoms with Crippen LogP contribution in [-0.4, -0.2) is 21.4 Å². The van der Waals surface area contributed by atoms with E-state index in [2.05, 4.69) is 24.1 Å². The lowest BCUT2D eigenvalue weighted by Crippen LogP contribution is -2.26. The quantitative estimate of drug-likeness (QED) is 0.819. The van der Waals surface area contributed by atoms with Crippen molar-refractivity contribution in [3.63, 3.8) is 0 Å². The van der Waals surface area contributed by atoms with E-state index in [1.807, 2.05) is 29.1 Å². The Labute approximate surface area is 133 Å². The third-order valence-corrected chi connectivity index (χ3v) is 3.93. The Morgan fingerprint density at radius 1 is 1.36 bits per heavy atom. The van der Waals surface area contributed by atoms with E-state index < -0.39 is 5.91 Å². The molecule has 0 radical (unpaired) electrons. The second kappa shape index (κ2) is 7.22. The first-order chi connectivity index (χ1) is 10.5. The molecule has 0 aliphatic rings. The van der Waals surface area contributed by atoms with Crippen LogP contribution < -0.4 is 11.1 Å². The summed E-state index contributed by atoms with van der Waals surface area (Å²) in [6, 6.07) is 3.52. The van der Waals surface area contributed by atoms with E-state index in [0.717, 1.165) is 6.42 Å². The maximum Gasteiger partial charge on any atom is 0.249 e. The Bertz CT molecular complexity index is 634. The fraction of sp³-hybridized carbons (Fsp3) is 0.400. The van der Waals surface area contributed by atoms with Gasteiger partial charge in [-0.25, -0.2) is 4.98 Å². The lowest BCUT2D eigenvalue weighted by molar-refractivity contribution is -0.119. The molecular weight excluding hydrogens is 300 g/mol. The van der Waals surface area contributed by atoms with Gasteiger partial charge in [0.05, 0.1) is 12.1 Å². The fourth-order valence-corrected chi connectivity index (χ4v) is 2.89. The van der Waals surface area contributed by atoms with Crippen LogP contribution in [0.25, 0.3) is 0 Å². The Morgan fingerprint density at radius 2 is 2.05 bits per heavy atom. The highest BCUT2D eigenvalue weighted by Gasteiger charge is 2.22. The molecule has 0 aliphatic heterocycles. The highest BCUT2D eigenvalue weighted by atomic mass is 32.1. The first kappa shape index (κ1) is 16.2. The van der Waals surface area contributed by atoms with Gasteiger partial charge in [0.1, 0.15) is 6.04 Å². The molecule has 0 spiro atoms. The Morgan fingerprint density at radius 3 is 2.64 bits per heavy atom. The van der Waals surface area contributed by atoms with Gasteiger partial charge in [-0.15, -0.1) is 11.3 Å². The highest BCUT2D eigenvalue weighted by Crippen LogP contribution is 2.22. The second-order valence-corrected chi connectivity index (χ2v) is 6.41. The van der Waals surface area contributed by atoms with Crippen molar-refractivity contribution in [2.24, 2.45) is 11.7 Å². The number of thiazole rings is 1. The monoisotopic (exact) mass is 320 g/mol. The zero-order valence-electron chi connectivity index (χ0n) is 12.7. The van der Waals surface area contributed by atoms with Crippen molar-refractivity contribution < 1.29 is 9.59 Å². The average molecular weight is 320 g/mol. The summed E-state index contributed by atoms with van der Waals surface area (Å²) >= 11 is 1.29. The number of rotatable bonds is 7. The molecule has 118 valence electrons. The lowest BCUT2D eigenvalue weighted by Gasteiger charge is -2.19. The van der Waals surface area contributed by atoms with Crippen LogP contribution in [0.3, 0.4) is 0 Å². The lowest BCUT2D eigenvalue weighted by atomic mass is 10.0. The molecule has 0 fully saturated rings. The number of anilines is 1. The molecule has 1 unspecified atom stereocenters. The van der Waals surface area contributed by atoms with Crippen molar-refractivity contribution in [2.75, 3.05) is 5.32 Å². The number of aromatic nitrogens is 2. The molecule has 6 nitrogen and oxygen atoms in total. The molecule has 2 aromatic heterocycles. The minimum atomic E-state index is -0.437. The fourth-order valence-electron chi connectivity index (χ4n) is 2.18. The summed E-state index contributed by atoms with van der Waals surface area (Å²) in [7, 11) is 0. The summed E-state index contributed by atoms with van der Waals surface area (Å²) in [5, 5.41) is 5.04. The first-order valence-electron chi connectivity index (χ1n) is 7.11. The molecule has 22 heavy (non-hydrogen) atoms. The molecule has 2 amide bonds. The van der Waals surface area contributed by atoms with Gasteiger partial charge in [0, 0.05) is 17.8 Å². The normalized spacial score (nSPS) is 12.3. The Hall–Kier alpha value is -2.15. The van der Waals surface area contributed by atoms with Crippen LogP contribution in [0.4, 0.5) is 5.13 Å². The van der Waals surface area contributed by atoms with Gasteiger partial charge in [0.25, 0.3) is 0 Å². The number of hydrogen-bond acceptors (Lipinski definition) is 4. The average Bonchev–Trinajstić information content (AvgIpc) is 3.06. The van der Waals surface area contributed by atoms with Crippen molar-refractivity contribution in [3.05, 3.63) is 35.6 Å². The minimum Gasteiger partial charge on any atom is -0.369 e. The standard InChI is InChI=1S/C15H20N4O2S/c1-10(2)7-12(19-5-3-4-6-19)14(21)18-15-17-11(9-22-15)8-13(16)20/h3-6,9-10,12H,7-8H2,1-2H3,(H2,16,20)(H,17,18,21). The predicted molar refractivity (Wildman–Crippen MR) is 86.6 cm³/mol. The topological polar surface area (TPSA) is 90.0 Å². The van der Waals surface area contributed by atoms with Crippen LogP contribution in [0.5, 0.6) is 0 Å². The smallest absolute Gasteiger partial charge is 0.249 e. The molecule has 0 saturated carbocycles. The number of carbonyl (C=O) groups is 2. The van der Waals surface area contributed by atoms with Crippen molar-refractivity contribution in [1.82, 2.24) is 9.55 Å². The number of nitrogens with zero attached hydrogens (tertiary/aromatic N) is 2. The molecule has 2 heterocycles. The van der Waals surface area contributed by atoms with E-state index >= 15 is 0 Å². The Kier molecular flexibility index (Phi) is 5.32. The van der Waals surface area contributed by atoms with Crippen molar-refractivity contribution in [3.8, 4) is 0 Å². The SMILES string of the molecule is CC(C)CC(C(=O)Nc1nc(CC(N)=O)cs1)n1cccc1. The van der Waals surface area contributed by atoms with Crippen molar-refractivity contribution >= 4 is 28.3 Å². The third-order valence-electron chi connectivity index (χ3n) is 3.12. The number of primary amides is 1. The molecule has 2 aromatic rings. The van der Waals surface area contributed by atoms with E-state index in [1.165, 1.54) is 11.3 Å². The van der Waals surface area contributed by atoms with E-state index in [1.54, 1.807) is 5.38 Å². The highest BCUT2D eigenvalue weighted by molar-refractivity contribution is 7.13. The maximum absolute atomic E-state index is 12.5. The number of hydrogen-bond donors (Lipinski definition) is 2. The molecule has 0 aromatic carbocycles. The molecule has 7 heteroatoms. The minimum absolute atomic E-state index is 0.0827. The van der Waals surface area contributed by atoms with Gasteiger partial charge in [-0.3, -0.25) is 9.59 Å². The maximum atomic E-state index is 12.5. The van der Waals surface area contributed by atoms with Gasteiger partial charge in [0.2, 0.25) is 11.8 Å². The summed E-state index contributed by atoms with van der Waals surface area (Å²) in [5.41, 5.74) is 5.72. The van der Waals surface area contributed by atoms with Gasteiger partial charge in [-0.05, 0) is 24.5 Å². The van der Waals surface area contributed by atoms with Crippen LogP contribution >= 0.6 is 11.3 Å². The van der Waals surface area contributed by atoms with E-state index in [4.69, 9.17) is 5.73 Å². The molecule has 0 saturated heterocycles. The second-order valence-electron chi connectivity index (χ2n) is 5.55. The van der Waals surface area contributed by atoms with Crippen LogP contribution in [0.2, 0.25) is 0 Å². The molecule has 3 N–H and O–H groups in total. The molecule has 0 bridgehead atoms. The van der Waals surface area contributed by atoms with Gasteiger partial charge in [-0.1, -0.05) is 13.8 Å². The molecule has 1 atom stereocenters. The zero-order valence-corrected chi connectivity index (χ0v) is 13.5. The van der Waals surface area contributed by atoms with E-state index in [9.17, 15) is 9.59 Å². The van der Waals surface area contributed by atoms with Gasteiger partial charge < -0.3 is 15.6 Å². The largest absolute Gasteiger partial charge is 0.369 e. The molecular formula is C15H20N4O2S. The molecule has 2 rings (SSSR count). The Balaban J connectivity index is 2.07. The van der Waals surface area contributed by atoms with Crippen LogP contribution in [0, 0.1) is 5.92 Å². The zero-order chi connectivity index (χ0) is 16.1. The number of amides is 2. The van der Waals surface area contributed by atoms with Gasteiger partial charge >= 0.3 is 0 Å². The summed E-state index contributed by atoms with van der Waals surface area (Å²) < 4.78 is 1.90. The number of nitrogens with one attached hydrogen (secondary N) is 1. The molecule has 0 aliphatic carbocycles. The first-order valence-corrected chi connectivity index (χ1v) is 7.99. The number of carbonyl (C=O) groups excluding carboxylic acids is 2. The van der Waals surface area contributed by atoms with Gasteiger partial charge in [0.15, 0.2) is 5.13 Å². The summed E-state index contributed by atoms with van der Waals surface area (Å²) in [6.45, 7) is 4.16. The van der Waals surface area contributed by atoms with Crippen molar-refractivity contribution in [2.45, 2.75) is 32.7 Å².